The maximum Gasteiger partial charge on any atom is 0.335 e. The lowest BCUT2D eigenvalue weighted by Gasteiger charge is -2.04. The molecule has 0 aliphatic heterocycles. The van der Waals surface area contributed by atoms with Gasteiger partial charge in [-0.3, -0.25) is 0 Å². The highest BCUT2D eigenvalue weighted by molar-refractivity contribution is 5.88. The van der Waals surface area contributed by atoms with Gasteiger partial charge in [-0.25, -0.2) is 9.59 Å². The zero-order valence-electron chi connectivity index (χ0n) is 30.9. The summed E-state index contributed by atoms with van der Waals surface area (Å²) in [5, 5.41) is 8.66. The van der Waals surface area contributed by atoms with Gasteiger partial charge in [-0.15, -0.1) is 0 Å². The number of aliphatic carboxylic acids is 1. The molecule has 1 N–H and O–H groups in total. The summed E-state index contributed by atoms with van der Waals surface area (Å²) in [6.07, 6.45) is 46.6. The Morgan fingerprint density at radius 2 is 0.826 bits per heavy atom. The second-order valence-corrected chi connectivity index (χ2v) is 13.3. The third-order valence-corrected chi connectivity index (χ3v) is 8.73. The summed E-state index contributed by atoms with van der Waals surface area (Å²) in [6.45, 7) is 12.0. The molecule has 4 nitrogen and oxygen atoms in total. The molecule has 0 saturated heterocycles. The number of carbonyl (C=O) groups is 2. The molecule has 46 heavy (non-hydrogen) atoms. The third-order valence-electron chi connectivity index (χ3n) is 8.73. The summed E-state index contributed by atoms with van der Waals surface area (Å²) in [5.74, 6) is -1.23. The minimum Gasteiger partial charge on any atom is -0.478 e. The highest BCUT2D eigenvalue weighted by Crippen LogP contribution is 2.15. The van der Waals surface area contributed by atoms with Gasteiger partial charge in [-0.2, -0.15) is 0 Å². The standard InChI is InChI=1S/C21H38O2.C21H40O2/c1-3-4-5-6-7-8-9-10-11-12-13-14-15-16-17-18-19-20(2)21(22)23;1-3-5-6-7-8-9-10-11-12-13-14-15-16-17-18-19-20-23-21(22)4-2/h18-19H,2-17H2,1H3,(H,22,23);4H,2-3,5-20H2,1H3. The fourth-order valence-electron chi connectivity index (χ4n) is 5.64. The first-order chi connectivity index (χ1) is 22.5. The van der Waals surface area contributed by atoms with Gasteiger partial charge in [0.05, 0.1) is 12.2 Å². The van der Waals surface area contributed by atoms with Gasteiger partial charge in [0, 0.05) is 6.08 Å². The Morgan fingerprint density at radius 3 is 1.13 bits per heavy atom. The van der Waals surface area contributed by atoms with Crippen LogP contribution in [-0.4, -0.2) is 23.7 Å². The molecule has 0 aromatic heterocycles. The van der Waals surface area contributed by atoms with E-state index < -0.39 is 5.97 Å². The zero-order valence-corrected chi connectivity index (χ0v) is 30.9. The van der Waals surface area contributed by atoms with Crippen molar-refractivity contribution in [3.63, 3.8) is 0 Å². The second-order valence-electron chi connectivity index (χ2n) is 13.3. The van der Waals surface area contributed by atoms with Crippen LogP contribution < -0.4 is 0 Å². The van der Waals surface area contributed by atoms with E-state index in [9.17, 15) is 9.59 Å². The number of rotatable bonds is 35. The van der Waals surface area contributed by atoms with Crippen molar-refractivity contribution in [1.29, 1.82) is 0 Å². The van der Waals surface area contributed by atoms with Gasteiger partial charge in [0.1, 0.15) is 0 Å². The molecule has 0 amide bonds. The smallest absolute Gasteiger partial charge is 0.335 e. The average Bonchev–Trinajstić information content (AvgIpc) is 3.05. The zero-order chi connectivity index (χ0) is 34.2. The lowest BCUT2D eigenvalue weighted by Crippen LogP contribution is -2.01. The quantitative estimate of drug-likeness (QED) is 0.0322. The molecular weight excluding hydrogens is 568 g/mol. The van der Waals surface area contributed by atoms with Crippen LogP contribution >= 0.6 is 0 Å². The Labute approximate surface area is 287 Å². The summed E-state index contributed by atoms with van der Waals surface area (Å²) >= 11 is 0. The fourth-order valence-corrected chi connectivity index (χ4v) is 5.64. The van der Waals surface area contributed by atoms with Crippen LogP contribution in [0.2, 0.25) is 0 Å². The molecule has 270 valence electrons. The minimum absolute atomic E-state index is 0.176. The number of carbonyl (C=O) groups excluding carboxylic acids is 1. The largest absolute Gasteiger partial charge is 0.478 e. The van der Waals surface area contributed by atoms with Crippen molar-refractivity contribution in [3.8, 4) is 0 Å². The number of carboxylic acid groups (broad SMARTS) is 1. The van der Waals surface area contributed by atoms with Crippen LogP contribution in [0.15, 0.2) is 37.0 Å². The van der Waals surface area contributed by atoms with Crippen LogP contribution in [0.5, 0.6) is 0 Å². The van der Waals surface area contributed by atoms with E-state index in [2.05, 4.69) is 27.0 Å². The van der Waals surface area contributed by atoms with E-state index in [1.165, 1.54) is 186 Å². The van der Waals surface area contributed by atoms with Crippen molar-refractivity contribution in [2.75, 3.05) is 6.61 Å². The highest BCUT2D eigenvalue weighted by Gasteiger charge is 1.98. The first kappa shape index (κ1) is 46.3. The first-order valence-electron chi connectivity index (χ1n) is 19.9. The minimum atomic E-state index is -0.929. The van der Waals surface area contributed by atoms with Crippen LogP contribution in [-0.2, 0) is 14.3 Å². The van der Waals surface area contributed by atoms with Crippen molar-refractivity contribution >= 4 is 11.9 Å². The van der Waals surface area contributed by atoms with E-state index in [0.717, 1.165) is 19.3 Å². The molecule has 0 aromatic rings. The van der Waals surface area contributed by atoms with Crippen molar-refractivity contribution in [3.05, 3.63) is 37.0 Å². The predicted molar refractivity (Wildman–Crippen MR) is 202 cm³/mol. The molecule has 0 radical (unpaired) electrons. The Morgan fingerprint density at radius 1 is 0.522 bits per heavy atom. The number of ether oxygens (including phenoxy) is 1. The van der Waals surface area contributed by atoms with Gasteiger partial charge < -0.3 is 9.84 Å². The van der Waals surface area contributed by atoms with Crippen LogP contribution in [0, 0.1) is 0 Å². The van der Waals surface area contributed by atoms with E-state index >= 15 is 0 Å². The van der Waals surface area contributed by atoms with Gasteiger partial charge in [-0.1, -0.05) is 219 Å². The Balaban J connectivity index is 0. The summed E-state index contributed by atoms with van der Waals surface area (Å²) in [6, 6.07) is 0. The molecule has 0 bridgehead atoms. The summed E-state index contributed by atoms with van der Waals surface area (Å²) in [7, 11) is 0. The first-order valence-corrected chi connectivity index (χ1v) is 19.9. The molecule has 0 fully saturated rings. The highest BCUT2D eigenvalue weighted by atomic mass is 16.5. The molecule has 0 atom stereocenters. The van der Waals surface area contributed by atoms with Crippen LogP contribution in [0.1, 0.15) is 213 Å². The van der Waals surface area contributed by atoms with Crippen molar-refractivity contribution in [1.82, 2.24) is 0 Å². The molecule has 4 heteroatoms. The lowest BCUT2D eigenvalue weighted by molar-refractivity contribution is -0.138. The molecule has 0 rings (SSSR count). The van der Waals surface area contributed by atoms with E-state index in [4.69, 9.17) is 9.84 Å². The SMILES string of the molecule is C=C(C=CCCCCCCCCCCCCCCCC)C(=O)O.C=CC(=O)OCCCCCCCCCCCCCCCCCC. The Hall–Kier alpha value is -1.84. The lowest BCUT2D eigenvalue weighted by atomic mass is 10.0. The summed E-state index contributed by atoms with van der Waals surface area (Å²) in [4.78, 5) is 21.4. The molecule has 0 aliphatic rings. The molecule has 0 saturated carbocycles. The Kier molecular flexibility index (Phi) is 41.4. The van der Waals surface area contributed by atoms with E-state index in [1.807, 2.05) is 6.08 Å². The topological polar surface area (TPSA) is 63.6 Å². The van der Waals surface area contributed by atoms with Gasteiger partial charge in [0.15, 0.2) is 0 Å². The van der Waals surface area contributed by atoms with Gasteiger partial charge >= 0.3 is 11.9 Å². The molecule has 0 heterocycles. The number of esters is 1. The van der Waals surface area contributed by atoms with Crippen molar-refractivity contribution in [2.24, 2.45) is 0 Å². The maximum absolute atomic E-state index is 10.8. The van der Waals surface area contributed by atoms with E-state index in [1.54, 1.807) is 6.08 Å². The van der Waals surface area contributed by atoms with E-state index in [0.29, 0.717) is 6.61 Å². The van der Waals surface area contributed by atoms with E-state index in [-0.39, 0.29) is 11.5 Å². The second kappa shape index (κ2) is 41.2. The summed E-state index contributed by atoms with van der Waals surface area (Å²) < 4.78 is 4.95. The molecule has 0 aliphatic carbocycles. The molecule has 0 spiro atoms. The normalized spacial score (nSPS) is 10.9. The maximum atomic E-state index is 10.8. The fraction of sp³-hybridized carbons (Fsp3) is 0.810. The van der Waals surface area contributed by atoms with Crippen LogP contribution in [0.25, 0.3) is 0 Å². The number of hydrogen-bond acceptors (Lipinski definition) is 3. The predicted octanol–water partition coefficient (Wildman–Crippen LogP) is 14.0. The molecular formula is C42H78O4. The molecule has 0 unspecified atom stereocenters. The van der Waals surface area contributed by atoms with Crippen LogP contribution in [0.4, 0.5) is 0 Å². The number of unbranched alkanes of at least 4 members (excludes halogenated alkanes) is 29. The van der Waals surface area contributed by atoms with Gasteiger partial charge in [0.2, 0.25) is 0 Å². The van der Waals surface area contributed by atoms with Crippen molar-refractivity contribution in [2.45, 2.75) is 213 Å². The van der Waals surface area contributed by atoms with Gasteiger partial charge in [0.25, 0.3) is 0 Å². The third kappa shape index (κ3) is 42.2. The number of allylic oxidation sites excluding steroid dienone is 1. The van der Waals surface area contributed by atoms with Crippen LogP contribution in [0.3, 0.4) is 0 Å². The average molecular weight is 647 g/mol. The van der Waals surface area contributed by atoms with Crippen molar-refractivity contribution < 1.29 is 19.4 Å². The summed E-state index contributed by atoms with van der Waals surface area (Å²) in [5.41, 5.74) is 0.176. The van der Waals surface area contributed by atoms with Gasteiger partial charge in [-0.05, 0) is 19.3 Å². The number of carboxylic acids is 1. The monoisotopic (exact) mass is 647 g/mol. The Bertz CT molecular complexity index is 696. The number of hydrogen-bond donors (Lipinski definition) is 1. The molecule has 0 aromatic carbocycles.